The number of non-ortho nitro benzene ring substituents is 1. The van der Waals surface area contributed by atoms with E-state index in [1.54, 1.807) is 49.5 Å². The number of benzene rings is 4. The molecule has 1 fully saturated rings. The fraction of sp³-hybridized carbons (Fsp3) is 0.308. The number of aliphatic hydroxyl groups is 1. The zero-order valence-electron chi connectivity index (χ0n) is 29.6. The third kappa shape index (κ3) is 6.37. The van der Waals surface area contributed by atoms with E-state index in [1.165, 1.54) is 26.6 Å². The average molecular weight is 736 g/mol. The van der Waals surface area contributed by atoms with Crippen LogP contribution in [0.25, 0.3) is 16.6 Å². The van der Waals surface area contributed by atoms with Crippen molar-refractivity contribution < 1.29 is 29.2 Å². The van der Waals surface area contributed by atoms with Crippen LogP contribution in [0.5, 0.6) is 0 Å². The standard InChI is InChI=1S/C39H41N5O8Si/c1-25-36(53(2,3)51)34(22-35(46)41(18-19-45)23-26-10-5-4-6-11-26)52-39(25)31-21-29(44(49)50)16-17-33(31)42(38(39)48)24-27-12-9-13-28(20-27)43-37(47)30-14-7-8-15-32(30)40-43/h4-17,20-21,25,34,36,40,45,51H,18-19,22-24H2,1-3H3/t25-,34+,36-,39+/m1/s1. The predicted molar refractivity (Wildman–Crippen MR) is 201 cm³/mol. The number of carbonyl (C=O) groups is 2. The van der Waals surface area contributed by atoms with Crippen LogP contribution in [0.3, 0.4) is 0 Å². The Labute approximate surface area is 306 Å². The normalized spacial score (nSPS) is 21.0. The van der Waals surface area contributed by atoms with Gasteiger partial charge < -0.3 is 24.4 Å². The molecule has 3 heterocycles. The molecule has 5 aromatic rings. The minimum absolute atomic E-state index is 0.0554. The van der Waals surface area contributed by atoms with Crippen molar-refractivity contribution in [1.29, 1.82) is 0 Å². The highest BCUT2D eigenvalue weighted by atomic mass is 28.4. The first-order valence-corrected chi connectivity index (χ1v) is 20.6. The molecule has 0 aliphatic carbocycles. The molecule has 274 valence electrons. The number of nitro groups is 1. The van der Waals surface area contributed by atoms with Crippen molar-refractivity contribution in [3.8, 4) is 5.69 Å². The Morgan fingerprint density at radius 3 is 2.42 bits per heavy atom. The van der Waals surface area contributed by atoms with Gasteiger partial charge in [0, 0.05) is 42.2 Å². The number of para-hydroxylation sites is 1. The van der Waals surface area contributed by atoms with Crippen LogP contribution in [-0.4, -0.2) is 68.9 Å². The van der Waals surface area contributed by atoms with E-state index >= 15 is 0 Å². The molecule has 4 atom stereocenters. The van der Waals surface area contributed by atoms with Gasteiger partial charge in [0.25, 0.3) is 17.2 Å². The molecule has 2 aliphatic rings. The van der Waals surface area contributed by atoms with Gasteiger partial charge in [-0.3, -0.25) is 29.6 Å². The third-order valence-electron chi connectivity index (χ3n) is 10.6. The molecule has 14 heteroatoms. The highest BCUT2D eigenvalue weighted by molar-refractivity contribution is 6.71. The van der Waals surface area contributed by atoms with E-state index in [-0.39, 0.29) is 49.8 Å². The molecule has 53 heavy (non-hydrogen) atoms. The number of aromatic nitrogens is 2. The maximum absolute atomic E-state index is 15.0. The molecular formula is C39H41N5O8Si. The third-order valence-corrected chi connectivity index (χ3v) is 13.1. The van der Waals surface area contributed by atoms with Gasteiger partial charge in [0.2, 0.25) is 5.91 Å². The number of nitrogens with one attached hydrogen (secondary N) is 1. The Balaban J connectivity index is 1.25. The van der Waals surface area contributed by atoms with Crippen molar-refractivity contribution in [1.82, 2.24) is 14.7 Å². The largest absolute Gasteiger partial charge is 0.432 e. The monoisotopic (exact) mass is 735 g/mol. The lowest BCUT2D eigenvalue weighted by molar-refractivity contribution is -0.385. The number of hydrogen-bond acceptors (Lipinski definition) is 8. The summed E-state index contributed by atoms with van der Waals surface area (Å²) in [4.78, 5) is 68.4. The lowest BCUT2D eigenvalue weighted by Gasteiger charge is -2.32. The smallest absolute Gasteiger partial charge is 0.279 e. The molecule has 4 aromatic carbocycles. The molecule has 7 rings (SSSR count). The number of H-pyrrole nitrogens is 1. The van der Waals surface area contributed by atoms with Gasteiger partial charge in [-0.1, -0.05) is 61.5 Å². The summed E-state index contributed by atoms with van der Waals surface area (Å²) in [6.07, 6.45) is -1.06. The number of ether oxygens (including phenoxy) is 1. The summed E-state index contributed by atoms with van der Waals surface area (Å²) in [5.41, 5.74) is 0.774. The van der Waals surface area contributed by atoms with E-state index in [1.807, 2.05) is 55.5 Å². The molecule has 1 spiro atoms. The van der Waals surface area contributed by atoms with Gasteiger partial charge >= 0.3 is 0 Å². The molecule has 0 saturated carbocycles. The SMILES string of the molecule is C[C@@H]1[C@@H]([Si](C)(C)O)[C@H](CC(=O)N(CCO)Cc2ccccc2)O[C@@]12C(=O)N(Cc1cccc(-n3[nH]c4ccccc4c3=O)c1)c1ccc([N+](=O)[O-])cc12. The van der Waals surface area contributed by atoms with Crippen LogP contribution in [0.2, 0.25) is 18.6 Å². The first-order valence-electron chi connectivity index (χ1n) is 17.6. The van der Waals surface area contributed by atoms with Crippen molar-refractivity contribution in [2.45, 2.75) is 56.8 Å². The maximum atomic E-state index is 15.0. The topological polar surface area (TPSA) is 171 Å². The average Bonchev–Trinajstić information content (AvgIpc) is 3.71. The molecule has 0 bridgehead atoms. The summed E-state index contributed by atoms with van der Waals surface area (Å²) in [5, 5.41) is 25.6. The number of nitro benzene ring substituents is 1. The number of aliphatic hydroxyl groups excluding tert-OH is 1. The Morgan fingerprint density at radius 1 is 1.00 bits per heavy atom. The highest BCUT2D eigenvalue weighted by Gasteiger charge is 2.66. The Morgan fingerprint density at radius 2 is 1.72 bits per heavy atom. The number of rotatable bonds is 11. The van der Waals surface area contributed by atoms with Crippen LogP contribution in [0, 0.1) is 16.0 Å². The molecule has 0 radical (unpaired) electrons. The van der Waals surface area contributed by atoms with Gasteiger partial charge in [-0.25, -0.2) is 4.68 Å². The fourth-order valence-corrected chi connectivity index (χ4v) is 10.8. The fourth-order valence-electron chi connectivity index (χ4n) is 8.27. The molecule has 2 amide bonds. The van der Waals surface area contributed by atoms with Gasteiger partial charge in [0.15, 0.2) is 13.9 Å². The number of nitrogens with zero attached hydrogens (tertiary/aromatic N) is 4. The Bertz CT molecular complexity index is 2270. The van der Waals surface area contributed by atoms with Crippen LogP contribution in [-0.2, 0) is 33.0 Å². The number of anilines is 1. The highest BCUT2D eigenvalue weighted by Crippen LogP contribution is 2.60. The van der Waals surface area contributed by atoms with Gasteiger partial charge in [-0.15, -0.1) is 0 Å². The van der Waals surface area contributed by atoms with Crippen molar-refractivity contribution in [3.05, 3.63) is 134 Å². The number of fused-ring (bicyclic) bond motifs is 3. The molecule has 0 unspecified atom stereocenters. The quantitative estimate of drug-likeness (QED) is 0.0969. The van der Waals surface area contributed by atoms with Gasteiger partial charge in [-0.2, -0.15) is 0 Å². The first kappa shape index (κ1) is 36.0. The van der Waals surface area contributed by atoms with Crippen LogP contribution < -0.4 is 10.5 Å². The molecular weight excluding hydrogens is 695 g/mol. The number of amides is 2. The first-order chi connectivity index (χ1) is 25.3. The van der Waals surface area contributed by atoms with E-state index in [0.29, 0.717) is 33.4 Å². The second kappa shape index (κ2) is 13.9. The molecule has 13 nitrogen and oxygen atoms in total. The minimum atomic E-state index is -3.17. The van der Waals surface area contributed by atoms with Crippen molar-refractivity contribution in [3.63, 3.8) is 0 Å². The van der Waals surface area contributed by atoms with Gasteiger partial charge in [-0.05, 0) is 54.6 Å². The van der Waals surface area contributed by atoms with Crippen LogP contribution >= 0.6 is 0 Å². The van der Waals surface area contributed by atoms with Crippen molar-refractivity contribution in [2.24, 2.45) is 5.92 Å². The Hall–Kier alpha value is -5.41. The summed E-state index contributed by atoms with van der Waals surface area (Å²) in [6, 6.07) is 28.0. The van der Waals surface area contributed by atoms with Crippen LogP contribution in [0.15, 0.2) is 102 Å². The lowest BCUT2D eigenvalue weighted by Crippen LogP contribution is -2.46. The predicted octanol–water partition coefficient (Wildman–Crippen LogP) is 4.98. The molecule has 1 aromatic heterocycles. The van der Waals surface area contributed by atoms with Crippen molar-refractivity contribution >= 4 is 42.4 Å². The minimum Gasteiger partial charge on any atom is -0.432 e. The summed E-state index contributed by atoms with van der Waals surface area (Å²) < 4.78 is 8.24. The van der Waals surface area contributed by atoms with Gasteiger partial charge in [0.05, 0.1) is 52.9 Å². The summed E-state index contributed by atoms with van der Waals surface area (Å²) in [6.45, 7) is 5.43. The lowest BCUT2D eigenvalue weighted by atomic mass is 9.82. The summed E-state index contributed by atoms with van der Waals surface area (Å²) in [5.74, 6) is -1.43. The molecule has 3 N–H and O–H groups in total. The van der Waals surface area contributed by atoms with Crippen LogP contribution in [0.4, 0.5) is 11.4 Å². The van der Waals surface area contributed by atoms with Crippen molar-refractivity contribution in [2.75, 3.05) is 18.1 Å². The second-order valence-corrected chi connectivity index (χ2v) is 18.4. The number of aromatic amines is 1. The van der Waals surface area contributed by atoms with E-state index in [0.717, 1.165) is 5.56 Å². The zero-order chi connectivity index (χ0) is 37.7. The Kier molecular flexibility index (Phi) is 9.40. The van der Waals surface area contributed by atoms with E-state index in [4.69, 9.17) is 4.74 Å². The van der Waals surface area contributed by atoms with Crippen LogP contribution in [0.1, 0.15) is 30.0 Å². The summed E-state index contributed by atoms with van der Waals surface area (Å²) in [7, 11) is -3.17. The molecule has 1 saturated heterocycles. The zero-order valence-corrected chi connectivity index (χ0v) is 30.6. The second-order valence-electron chi connectivity index (χ2n) is 14.4. The van der Waals surface area contributed by atoms with Gasteiger partial charge in [0.1, 0.15) is 0 Å². The van der Waals surface area contributed by atoms with E-state index < -0.39 is 42.3 Å². The van der Waals surface area contributed by atoms with E-state index in [2.05, 4.69) is 5.10 Å². The number of hydrogen-bond donors (Lipinski definition) is 3. The summed E-state index contributed by atoms with van der Waals surface area (Å²) >= 11 is 0. The van der Waals surface area contributed by atoms with E-state index in [9.17, 15) is 34.4 Å². The molecule has 2 aliphatic heterocycles. The maximum Gasteiger partial charge on any atom is 0.279 e. The number of carbonyl (C=O) groups excluding carboxylic acids is 2.